The third-order valence-corrected chi connectivity index (χ3v) is 6.34. The number of hydrogen-bond acceptors (Lipinski definition) is 4. The molecule has 7 nitrogen and oxygen atoms in total. The van der Waals surface area contributed by atoms with Crippen LogP contribution >= 0.6 is 0 Å². The molecular formula is C24H38N4O3. The Kier molecular flexibility index (Phi) is 8.32. The van der Waals surface area contributed by atoms with Crippen molar-refractivity contribution in [2.45, 2.75) is 45.6 Å². The first-order valence-corrected chi connectivity index (χ1v) is 11.6. The van der Waals surface area contributed by atoms with Gasteiger partial charge in [-0.1, -0.05) is 6.92 Å². The molecule has 0 aliphatic carbocycles. The van der Waals surface area contributed by atoms with Gasteiger partial charge in [0, 0.05) is 50.6 Å². The molecule has 1 N–H and O–H groups in total. The maximum absolute atomic E-state index is 13.0. The van der Waals surface area contributed by atoms with Crippen molar-refractivity contribution in [2.75, 3.05) is 58.7 Å². The quantitative estimate of drug-likeness (QED) is 0.720. The minimum atomic E-state index is -0.121. The SMILES string of the molecule is Cc1cc(C(=O)N2CCC(C)CC2)ccc1NC(=O)N(CCN(C)C)CC1CCCO1. The first kappa shape index (κ1) is 23.5. The Morgan fingerprint density at radius 3 is 2.52 bits per heavy atom. The average molecular weight is 431 g/mol. The van der Waals surface area contributed by atoms with Crippen molar-refractivity contribution in [3.05, 3.63) is 29.3 Å². The Morgan fingerprint density at radius 1 is 1.16 bits per heavy atom. The van der Waals surface area contributed by atoms with Gasteiger partial charge in [0.05, 0.1) is 6.10 Å². The zero-order valence-electron chi connectivity index (χ0n) is 19.5. The van der Waals surface area contributed by atoms with E-state index in [9.17, 15) is 9.59 Å². The number of nitrogens with one attached hydrogen (secondary N) is 1. The molecule has 1 atom stereocenters. The van der Waals surface area contributed by atoms with E-state index in [0.29, 0.717) is 24.6 Å². The molecule has 172 valence electrons. The molecule has 1 aromatic carbocycles. The van der Waals surface area contributed by atoms with Crippen LogP contribution in [0.25, 0.3) is 0 Å². The summed E-state index contributed by atoms with van der Waals surface area (Å²) in [5, 5.41) is 3.05. The van der Waals surface area contributed by atoms with Gasteiger partial charge >= 0.3 is 6.03 Å². The monoisotopic (exact) mass is 430 g/mol. The molecule has 1 unspecified atom stereocenters. The number of aryl methyl sites for hydroxylation is 1. The summed E-state index contributed by atoms with van der Waals surface area (Å²) in [6, 6.07) is 5.45. The number of likely N-dealkylation sites (tertiary alicyclic amines) is 1. The maximum atomic E-state index is 13.0. The van der Waals surface area contributed by atoms with Gasteiger partial charge in [-0.15, -0.1) is 0 Å². The van der Waals surface area contributed by atoms with Crippen molar-refractivity contribution in [1.82, 2.24) is 14.7 Å². The number of ether oxygens (including phenoxy) is 1. The maximum Gasteiger partial charge on any atom is 0.321 e. The third kappa shape index (κ3) is 6.68. The first-order valence-electron chi connectivity index (χ1n) is 11.6. The number of likely N-dealkylation sites (N-methyl/N-ethyl adjacent to an activating group) is 1. The fraction of sp³-hybridized carbons (Fsp3) is 0.667. The smallest absolute Gasteiger partial charge is 0.321 e. The first-order chi connectivity index (χ1) is 14.8. The Balaban J connectivity index is 1.63. The van der Waals surface area contributed by atoms with Crippen LogP contribution in [0.5, 0.6) is 0 Å². The highest BCUT2D eigenvalue weighted by Gasteiger charge is 2.24. The molecule has 0 spiro atoms. The van der Waals surface area contributed by atoms with Gasteiger partial charge in [-0.05, 0) is 76.4 Å². The molecule has 0 saturated carbocycles. The van der Waals surface area contributed by atoms with Gasteiger partial charge in [0.15, 0.2) is 0 Å². The molecule has 0 bridgehead atoms. The number of anilines is 1. The standard InChI is InChI=1S/C24H38N4O3/c1-18-9-11-27(12-10-18)23(29)20-7-8-22(19(2)16-20)25-24(30)28(14-13-26(3)4)17-21-6-5-15-31-21/h7-8,16,18,21H,5-6,9-15,17H2,1-4H3,(H,25,30). The zero-order chi connectivity index (χ0) is 22.4. The van der Waals surface area contributed by atoms with Gasteiger partial charge < -0.3 is 24.8 Å². The van der Waals surface area contributed by atoms with E-state index < -0.39 is 0 Å². The van der Waals surface area contributed by atoms with Crippen molar-refractivity contribution in [3.8, 4) is 0 Å². The van der Waals surface area contributed by atoms with Gasteiger partial charge in [0.1, 0.15) is 0 Å². The lowest BCUT2D eigenvalue weighted by molar-refractivity contribution is 0.0697. The third-order valence-electron chi connectivity index (χ3n) is 6.34. The van der Waals surface area contributed by atoms with Crippen molar-refractivity contribution in [2.24, 2.45) is 5.92 Å². The normalized spacial score (nSPS) is 19.6. The van der Waals surface area contributed by atoms with Crippen molar-refractivity contribution in [1.29, 1.82) is 0 Å². The number of nitrogens with zero attached hydrogens (tertiary/aromatic N) is 3. The van der Waals surface area contributed by atoms with Crippen molar-refractivity contribution < 1.29 is 14.3 Å². The van der Waals surface area contributed by atoms with Crippen LogP contribution in [0.2, 0.25) is 0 Å². The van der Waals surface area contributed by atoms with Gasteiger partial charge in [-0.2, -0.15) is 0 Å². The lowest BCUT2D eigenvalue weighted by Gasteiger charge is -2.30. The zero-order valence-corrected chi connectivity index (χ0v) is 19.5. The molecule has 1 aromatic rings. The summed E-state index contributed by atoms with van der Waals surface area (Å²) in [6.07, 6.45) is 4.29. The minimum Gasteiger partial charge on any atom is -0.376 e. The van der Waals surface area contributed by atoms with E-state index in [4.69, 9.17) is 4.74 Å². The van der Waals surface area contributed by atoms with Crippen LogP contribution in [-0.2, 0) is 4.74 Å². The molecule has 2 saturated heterocycles. The van der Waals surface area contributed by atoms with Crippen molar-refractivity contribution in [3.63, 3.8) is 0 Å². The molecule has 2 heterocycles. The molecule has 3 amide bonds. The van der Waals surface area contributed by atoms with Crippen LogP contribution in [0, 0.1) is 12.8 Å². The summed E-state index contributed by atoms with van der Waals surface area (Å²) >= 11 is 0. The lowest BCUT2D eigenvalue weighted by Crippen LogP contribution is -2.43. The molecule has 0 radical (unpaired) electrons. The molecule has 2 aliphatic heterocycles. The summed E-state index contributed by atoms with van der Waals surface area (Å²) < 4.78 is 5.74. The Hall–Kier alpha value is -2.12. The fourth-order valence-corrected chi connectivity index (χ4v) is 4.16. The molecule has 2 fully saturated rings. The van der Waals surface area contributed by atoms with E-state index in [-0.39, 0.29) is 18.0 Å². The largest absolute Gasteiger partial charge is 0.376 e. The highest BCUT2D eigenvalue weighted by molar-refractivity contribution is 5.96. The average Bonchev–Trinajstić information content (AvgIpc) is 3.25. The second-order valence-corrected chi connectivity index (χ2v) is 9.32. The van der Waals surface area contributed by atoms with E-state index in [2.05, 4.69) is 17.1 Å². The number of piperidine rings is 1. The summed E-state index contributed by atoms with van der Waals surface area (Å²) in [7, 11) is 4.01. The number of carbonyl (C=O) groups excluding carboxylic acids is 2. The number of benzene rings is 1. The summed E-state index contributed by atoms with van der Waals surface area (Å²) in [6.45, 7) is 8.63. The lowest BCUT2D eigenvalue weighted by atomic mass is 9.98. The molecule has 0 aromatic heterocycles. The van der Waals surface area contributed by atoms with Crippen LogP contribution in [-0.4, -0.2) is 86.2 Å². The molecule has 3 rings (SSSR count). The Labute approximate surface area is 186 Å². The van der Waals surface area contributed by atoms with Gasteiger partial charge in [0.2, 0.25) is 0 Å². The Bertz CT molecular complexity index is 753. The molecule has 2 aliphatic rings. The molecule has 31 heavy (non-hydrogen) atoms. The van der Waals surface area contributed by atoms with Gasteiger partial charge in [-0.25, -0.2) is 4.79 Å². The predicted octanol–water partition coefficient (Wildman–Crippen LogP) is 3.44. The van der Waals surface area contributed by atoms with Gasteiger partial charge in [-0.3, -0.25) is 4.79 Å². The van der Waals surface area contributed by atoms with E-state index in [1.807, 2.05) is 49.0 Å². The second-order valence-electron chi connectivity index (χ2n) is 9.32. The second kappa shape index (κ2) is 11.0. The number of amides is 3. The molecular weight excluding hydrogens is 392 g/mol. The van der Waals surface area contributed by atoms with Crippen LogP contribution < -0.4 is 5.32 Å². The van der Waals surface area contributed by atoms with Crippen LogP contribution in [0.1, 0.15) is 48.5 Å². The predicted molar refractivity (Wildman–Crippen MR) is 124 cm³/mol. The summed E-state index contributed by atoms with van der Waals surface area (Å²) in [5.41, 5.74) is 2.33. The van der Waals surface area contributed by atoms with E-state index in [1.165, 1.54) is 0 Å². The topological polar surface area (TPSA) is 65.1 Å². The number of hydrogen-bond donors (Lipinski definition) is 1. The highest BCUT2D eigenvalue weighted by atomic mass is 16.5. The fourth-order valence-electron chi connectivity index (χ4n) is 4.16. The summed E-state index contributed by atoms with van der Waals surface area (Å²) in [4.78, 5) is 31.7. The number of urea groups is 1. The molecule has 7 heteroatoms. The minimum absolute atomic E-state index is 0.0823. The van der Waals surface area contributed by atoms with Gasteiger partial charge in [0.25, 0.3) is 5.91 Å². The Morgan fingerprint density at radius 2 is 1.90 bits per heavy atom. The van der Waals surface area contributed by atoms with Crippen molar-refractivity contribution >= 4 is 17.6 Å². The summed E-state index contributed by atoms with van der Waals surface area (Å²) in [5.74, 6) is 0.771. The van der Waals surface area contributed by atoms with Crippen LogP contribution in [0.4, 0.5) is 10.5 Å². The number of rotatable bonds is 7. The highest BCUT2D eigenvalue weighted by Crippen LogP contribution is 2.22. The van der Waals surface area contributed by atoms with E-state index in [1.54, 1.807) is 0 Å². The van der Waals surface area contributed by atoms with Crippen LogP contribution in [0.15, 0.2) is 18.2 Å². The number of carbonyl (C=O) groups is 2. The van der Waals surface area contributed by atoms with E-state index in [0.717, 1.165) is 63.2 Å². The van der Waals surface area contributed by atoms with Crippen LogP contribution in [0.3, 0.4) is 0 Å². The van der Waals surface area contributed by atoms with E-state index >= 15 is 0 Å².